The van der Waals surface area contributed by atoms with E-state index in [1.165, 1.54) is 0 Å². The van der Waals surface area contributed by atoms with Gasteiger partial charge in [0.15, 0.2) is 15.6 Å². The predicted molar refractivity (Wildman–Crippen MR) is 87.1 cm³/mol. The number of carbonyl (C=O) groups is 1. The van der Waals surface area contributed by atoms with Crippen molar-refractivity contribution in [2.24, 2.45) is 5.92 Å². The summed E-state index contributed by atoms with van der Waals surface area (Å²) in [7, 11) is -1.47. The number of hydrogen-bond donors (Lipinski definition) is 1. The number of hydrogen-bond acceptors (Lipinski definition) is 6. The first-order valence-electron chi connectivity index (χ1n) is 7.55. The summed E-state index contributed by atoms with van der Waals surface area (Å²) in [6, 6.07) is 9.09. The van der Waals surface area contributed by atoms with Gasteiger partial charge in [-0.2, -0.15) is 0 Å². The molecule has 0 spiro atoms. The fourth-order valence-electron chi connectivity index (χ4n) is 2.61. The standard InChI is InChI=1S/C16H18N2O5S/c1-22-14-4-2-11(3-5-14)15-8-13(18-23-15)9-17-16(19)12-6-7-24(20,21)10-12/h2-5,8,12H,6-7,9-10H2,1H3,(H,17,19)/t12-/m1/s1. The average molecular weight is 350 g/mol. The number of rotatable bonds is 5. The van der Waals surface area contributed by atoms with E-state index in [-0.39, 0.29) is 24.0 Å². The van der Waals surface area contributed by atoms with Gasteiger partial charge in [0.2, 0.25) is 5.91 Å². The highest BCUT2D eigenvalue weighted by Crippen LogP contribution is 2.23. The first-order valence-corrected chi connectivity index (χ1v) is 9.37. The van der Waals surface area contributed by atoms with Crippen LogP contribution < -0.4 is 10.1 Å². The van der Waals surface area contributed by atoms with Crippen molar-refractivity contribution in [2.45, 2.75) is 13.0 Å². The molecule has 1 saturated heterocycles. The maximum atomic E-state index is 12.0. The van der Waals surface area contributed by atoms with Gasteiger partial charge in [-0.25, -0.2) is 8.42 Å². The van der Waals surface area contributed by atoms with E-state index in [0.717, 1.165) is 11.3 Å². The summed E-state index contributed by atoms with van der Waals surface area (Å²) in [6.07, 6.45) is 0.379. The first-order chi connectivity index (χ1) is 11.5. The number of carbonyl (C=O) groups excluding carboxylic acids is 1. The Balaban J connectivity index is 1.59. The molecule has 1 N–H and O–H groups in total. The maximum absolute atomic E-state index is 12.0. The molecule has 1 atom stereocenters. The minimum Gasteiger partial charge on any atom is -0.497 e. The van der Waals surface area contributed by atoms with Crippen molar-refractivity contribution in [3.8, 4) is 17.1 Å². The van der Waals surface area contributed by atoms with E-state index in [0.29, 0.717) is 17.9 Å². The molecule has 2 aromatic rings. The minimum atomic E-state index is -3.07. The zero-order chi connectivity index (χ0) is 17.2. The van der Waals surface area contributed by atoms with Crippen molar-refractivity contribution < 1.29 is 22.5 Å². The molecule has 1 fully saturated rings. The molecule has 0 radical (unpaired) electrons. The van der Waals surface area contributed by atoms with Crippen LogP contribution in [0.3, 0.4) is 0 Å². The predicted octanol–water partition coefficient (Wildman–Crippen LogP) is 1.40. The van der Waals surface area contributed by atoms with E-state index in [2.05, 4.69) is 10.5 Å². The van der Waals surface area contributed by atoms with Gasteiger partial charge in [-0.15, -0.1) is 0 Å². The van der Waals surface area contributed by atoms with E-state index < -0.39 is 15.8 Å². The molecule has 7 nitrogen and oxygen atoms in total. The SMILES string of the molecule is COc1ccc(-c2cc(CNC(=O)[C@@H]3CCS(=O)(=O)C3)no2)cc1. The number of nitrogens with zero attached hydrogens (tertiary/aromatic N) is 1. The summed E-state index contributed by atoms with van der Waals surface area (Å²) >= 11 is 0. The largest absolute Gasteiger partial charge is 0.497 e. The molecule has 1 amide bonds. The summed E-state index contributed by atoms with van der Waals surface area (Å²) < 4.78 is 33.2. The molecule has 0 unspecified atom stereocenters. The average Bonchev–Trinajstić information content (AvgIpc) is 3.19. The monoisotopic (exact) mass is 350 g/mol. The van der Waals surface area contributed by atoms with Gasteiger partial charge in [-0.05, 0) is 30.7 Å². The summed E-state index contributed by atoms with van der Waals surface area (Å²) in [5.41, 5.74) is 1.43. The number of methoxy groups -OCH3 is 1. The number of amides is 1. The maximum Gasteiger partial charge on any atom is 0.224 e. The lowest BCUT2D eigenvalue weighted by molar-refractivity contribution is -0.124. The molecule has 3 rings (SSSR count). The van der Waals surface area contributed by atoms with Crippen LogP contribution in [0.1, 0.15) is 12.1 Å². The molecule has 0 saturated carbocycles. The van der Waals surface area contributed by atoms with E-state index in [1.54, 1.807) is 13.2 Å². The molecule has 0 bridgehead atoms. The molecule has 1 aliphatic rings. The van der Waals surface area contributed by atoms with E-state index in [1.807, 2.05) is 24.3 Å². The van der Waals surface area contributed by atoms with Gasteiger partial charge in [0.25, 0.3) is 0 Å². The van der Waals surface area contributed by atoms with Crippen LogP contribution in [0.25, 0.3) is 11.3 Å². The molecule has 1 aliphatic heterocycles. The summed E-state index contributed by atoms with van der Waals surface area (Å²) in [5, 5.41) is 6.64. The first kappa shape index (κ1) is 16.5. The van der Waals surface area contributed by atoms with Gasteiger partial charge < -0.3 is 14.6 Å². The zero-order valence-electron chi connectivity index (χ0n) is 13.2. The van der Waals surface area contributed by atoms with Crippen molar-refractivity contribution in [1.29, 1.82) is 0 Å². The van der Waals surface area contributed by atoms with E-state index >= 15 is 0 Å². The highest BCUT2D eigenvalue weighted by atomic mass is 32.2. The van der Waals surface area contributed by atoms with Crippen molar-refractivity contribution in [3.05, 3.63) is 36.0 Å². The van der Waals surface area contributed by atoms with Crippen molar-refractivity contribution in [3.63, 3.8) is 0 Å². The quantitative estimate of drug-likeness (QED) is 0.875. The Morgan fingerprint density at radius 1 is 1.38 bits per heavy atom. The number of aromatic nitrogens is 1. The number of benzene rings is 1. The van der Waals surface area contributed by atoms with Crippen molar-refractivity contribution >= 4 is 15.7 Å². The van der Waals surface area contributed by atoms with Crippen LogP contribution in [0.4, 0.5) is 0 Å². The second kappa shape index (κ2) is 6.64. The molecule has 24 heavy (non-hydrogen) atoms. The smallest absolute Gasteiger partial charge is 0.224 e. The third-order valence-electron chi connectivity index (χ3n) is 3.98. The van der Waals surface area contributed by atoms with Gasteiger partial charge in [-0.3, -0.25) is 4.79 Å². The summed E-state index contributed by atoms with van der Waals surface area (Å²) in [4.78, 5) is 12.0. The second-order valence-electron chi connectivity index (χ2n) is 5.73. The summed E-state index contributed by atoms with van der Waals surface area (Å²) in [6.45, 7) is 0.203. The number of sulfone groups is 1. The Morgan fingerprint density at radius 3 is 2.75 bits per heavy atom. The third kappa shape index (κ3) is 3.76. The van der Waals surface area contributed by atoms with Crippen LogP contribution in [-0.4, -0.2) is 38.1 Å². The molecule has 1 aromatic heterocycles. The van der Waals surface area contributed by atoms with Crippen LogP contribution >= 0.6 is 0 Å². The normalized spacial score (nSPS) is 19.1. The van der Waals surface area contributed by atoms with Crippen LogP contribution in [0, 0.1) is 5.92 Å². The van der Waals surface area contributed by atoms with Gasteiger partial charge in [0.05, 0.1) is 31.1 Å². The van der Waals surface area contributed by atoms with E-state index in [4.69, 9.17) is 9.26 Å². The fraction of sp³-hybridized carbons (Fsp3) is 0.375. The lowest BCUT2D eigenvalue weighted by Crippen LogP contribution is -2.31. The third-order valence-corrected chi connectivity index (χ3v) is 5.75. The van der Waals surface area contributed by atoms with E-state index in [9.17, 15) is 13.2 Å². The molecular weight excluding hydrogens is 332 g/mol. The Labute approximate surface area is 139 Å². The van der Waals surface area contributed by atoms with Gasteiger partial charge in [-0.1, -0.05) is 5.16 Å². The fourth-order valence-corrected chi connectivity index (χ4v) is 4.35. The topological polar surface area (TPSA) is 98.5 Å². The number of nitrogens with one attached hydrogen (secondary N) is 1. The molecular formula is C16H18N2O5S. The summed E-state index contributed by atoms with van der Waals surface area (Å²) in [5.74, 6) is 0.612. The Kier molecular flexibility index (Phi) is 4.57. The molecule has 0 aliphatic carbocycles. The highest BCUT2D eigenvalue weighted by Gasteiger charge is 2.32. The zero-order valence-corrected chi connectivity index (χ0v) is 14.0. The van der Waals surface area contributed by atoms with Crippen LogP contribution in [0.15, 0.2) is 34.9 Å². The second-order valence-corrected chi connectivity index (χ2v) is 7.96. The molecule has 8 heteroatoms. The minimum absolute atomic E-state index is 0.0747. The Morgan fingerprint density at radius 2 is 2.12 bits per heavy atom. The Bertz CT molecular complexity index is 826. The van der Waals surface area contributed by atoms with Crippen LogP contribution in [-0.2, 0) is 21.2 Å². The van der Waals surface area contributed by atoms with Crippen molar-refractivity contribution in [1.82, 2.24) is 10.5 Å². The van der Waals surface area contributed by atoms with Crippen molar-refractivity contribution in [2.75, 3.05) is 18.6 Å². The van der Waals surface area contributed by atoms with Gasteiger partial charge in [0.1, 0.15) is 11.4 Å². The van der Waals surface area contributed by atoms with Gasteiger partial charge >= 0.3 is 0 Å². The number of ether oxygens (including phenoxy) is 1. The lowest BCUT2D eigenvalue weighted by Gasteiger charge is -2.07. The molecule has 1 aromatic carbocycles. The molecule has 128 valence electrons. The van der Waals surface area contributed by atoms with Crippen LogP contribution in [0.5, 0.6) is 5.75 Å². The highest BCUT2D eigenvalue weighted by molar-refractivity contribution is 7.91. The molecule has 2 heterocycles. The van der Waals surface area contributed by atoms with Gasteiger partial charge in [0, 0.05) is 11.6 Å². The van der Waals surface area contributed by atoms with Crippen LogP contribution in [0.2, 0.25) is 0 Å². The lowest BCUT2D eigenvalue weighted by atomic mass is 10.1. The Hall–Kier alpha value is -2.35.